The Morgan fingerprint density at radius 1 is 0.867 bits per heavy atom. The highest BCUT2D eigenvalue weighted by Crippen LogP contribution is 2.47. The van der Waals surface area contributed by atoms with Crippen LogP contribution in [0.3, 0.4) is 0 Å². The summed E-state index contributed by atoms with van der Waals surface area (Å²) in [7, 11) is 0. The van der Waals surface area contributed by atoms with Crippen LogP contribution in [0.1, 0.15) is 58.1 Å². The van der Waals surface area contributed by atoms with Gasteiger partial charge < -0.3 is 4.90 Å². The lowest BCUT2D eigenvalue weighted by molar-refractivity contribution is -0.162. The molecule has 0 bridgehead atoms. The van der Waals surface area contributed by atoms with Gasteiger partial charge in [-0.3, -0.25) is 14.6 Å². The van der Waals surface area contributed by atoms with E-state index < -0.39 is 46.5 Å². The van der Waals surface area contributed by atoms with Gasteiger partial charge in [-0.15, -0.1) is 5.10 Å². The standard InChI is InChI=1S/C30H37F6N7O2/c1-5-13-40(14-6-2)19-25(44)42-23-17-21(29(31,32)33)22(30(34,35)36)18-24(23)43-27(20-11-9-12-37-26(20)42)38-41(28(43)45)16-10-15-39(7-3)8-4/h9,11-12,17-18H,5-8,10,13-16,19H2,1-4H3. The van der Waals surface area contributed by atoms with Crippen molar-refractivity contribution >= 4 is 17.4 Å². The van der Waals surface area contributed by atoms with Gasteiger partial charge in [0, 0.05) is 12.7 Å². The van der Waals surface area contributed by atoms with Crippen molar-refractivity contribution in [1.29, 1.82) is 0 Å². The van der Waals surface area contributed by atoms with Crippen LogP contribution >= 0.6 is 0 Å². The largest absolute Gasteiger partial charge is 0.417 e. The van der Waals surface area contributed by atoms with Gasteiger partial charge in [-0.2, -0.15) is 26.3 Å². The molecule has 9 nitrogen and oxygen atoms in total. The topological polar surface area (TPSA) is 79.5 Å². The average Bonchev–Trinajstić information content (AvgIpc) is 3.23. The normalized spacial score (nSPS) is 13.2. The van der Waals surface area contributed by atoms with E-state index in [1.807, 2.05) is 32.6 Å². The summed E-state index contributed by atoms with van der Waals surface area (Å²) < 4.78 is 87.1. The van der Waals surface area contributed by atoms with Crippen molar-refractivity contribution in [1.82, 2.24) is 29.1 Å². The van der Waals surface area contributed by atoms with E-state index >= 15 is 0 Å². The van der Waals surface area contributed by atoms with Gasteiger partial charge in [-0.1, -0.05) is 27.7 Å². The maximum atomic E-state index is 14.2. The summed E-state index contributed by atoms with van der Waals surface area (Å²) in [6, 6.07) is 3.55. The zero-order valence-corrected chi connectivity index (χ0v) is 25.7. The molecule has 0 fully saturated rings. The number of halogens is 6. The number of anilines is 2. The van der Waals surface area contributed by atoms with Gasteiger partial charge >= 0.3 is 18.0 Å². The molecule has 0 saturated carbocycles. The number of hydrogen-bond donors (Lipinski definition) is 0. The molecule has 1 aliphatic rings. The van der Waals surface area contributed by atoms with Gasteiger partial charge in [0.1, 0.15) is 0 Å². The molecular formula is C30H37F6N7O2. The molecule has 2 aromatic heterocycles. The van der Waals surface area contributed by atoms with E-state index in [0.29, 0.717) is 38.9 Å². The Morgan fingerprint density at radius 2 is 1.47 bits per heavy atom. The molecule has 4 rings (SSSR count). The van der Waals surface area contributed by atoms with Gasteiger partial charge in [0.25, 0.3) is 0 Å². The van der Waals surface area contributed by atoms with E-state index in [9.17, 15) is 35.9 Å². The molecule has 0 N–H and O–H groups in total. The fraction of sp³-hybridized carbons (Fsp3) is 0.533. The molecule has 0 saturated heterocycles. The predicted octanol–water partition coefficient (Wildman–Crippen LogP) is 5.97. The number of pyridine rings is 1. The molecule has 0 radical (unpaired) electrons. The highest BCUT2D eigenvalue weighted by Gasteiger charge is 2.46. The molecule has 3 aromatic rings. The summed E-state index contributed by atoms with van der Waals surface area (Å²) in [6.45, 7) is 10.9. The van der Waals surface area contributed by atoms with Gasteiger partial charge in [0.15, 0.2) is 11.6 Å². The number of fused-ring (bicyclic) bond motifs is 5. The molecule has 246 valence electrons. The molecule has 45 heavy (non-hydrogen) atoms. The number of carbonyl (C=O) groups is 1. The average molecular weight is 642 g/mol. The summed E-state index contributed by atoms with van der Waals surface area (Å²) in [4.78, 5) is 36.9. The highest BCUT2D eigenvalue weighted by atomic mass is 19.4. The lowest BCUT2D eigenvalue weighted by Crippen LogP contribution is -2.40. The molecule has 3 heterocycles. The summed E-state index contributed by atoms with van der Waals surface area (Å²) in [5.41, 5.74) is -5.79. The number of alkyl halides is 6. The quantitative estimate of drug-likeness (QED) is 0.227. The van der Waals surface area contributed by atoms with Gasteiger partial charge in [0.05, 0.1) is 34.6 Å². The number of rotatable bonds is 12. The number of aromatic nitrogens is 4. The van der Waals surface area contributed by atoms with E-state index in [-0.39, 0.29) is 42.4 Å². The molecule has 15 heteroatoms. The van der Waals surface area contributed by atoms with Crippen LogP contribution < -0.4 is 10.6 Å². The van der Waals surface area contributed by atoms with Crippen LogP contribution in [0.25, 0.3) is 17.1 Å². The van der Waals surface area contributed by atoms with Crippen molar-refractivity contribution in [2.75, 3.05) is 44.2 Å². The Bertz CT molecular complexity index is 1550. The third kappa shape index (κ3) is 7.08. The highest BCUT2D eigenvalue weighted by molar-refractivity contribution is 6.06. The molecule has 0 spiro atoms. The maximum absolute atomic E-state index is 14.2. The molecule has 1 aliphatic heterocycles. The molecule has 0 aliphatic carbocycles. The van der Waals surface area contributed by atoms with Crippen molar-refractivity contribution in [3.05, 3.63) is 52.1 Å². The smallest absolute Gasteiger partial charge is 0.304 e. The van der Waals surface area contributed by atoms with Crippen LogP contribution in [0.15, 0.2) is 35.3 Å². The second kappa shape index (κ2) is 13.7. The van der Waals surface area contributed by atoms with Crippen molar-refractivity contribution in [3.8, 4) is 17.1 Å². The van der Waals surface area contributed by atoms with Crippen LogP contribution in [-0.2, 0) is 23.7 Å². The number of nitrogens with zero attached hydrogens (tertiary/aromatic N) is 7. The fourth-order valence-electron chi connectivity index (χ4n) is 5.61. The number of carbonyl (C=O) groups excluding carboxylic acids is 1. The van der Waals surface area contributed by atoms with Gasteiger partial charge in [0.2, 0.25) is 5.91 Å². The fourth-order valence-corrected chi connectivity index (χ4v) is 5.61. The lowest BCUT2D eigenvalue weighted by atomic mass is 10.0. The van der Waals surface area contributed by atoms with Crippen molar-refractivity contribution < 1.29 is 31.1 Å². The Labute approximate surface area is 257 Å². The van der Waals surface area contributed by atoms with Crippen LogP contribution in [0.5, 0.6) is 0 Å². The summed E-state index contributed by atoms with van der Waals surface area (Å²) in [6.07, 6.45) is -7.66. The monoisotopic (exact) mass is 641 g/mol. The van der Waals surface area contributed by atoms with Gasteiger partial charge in [-0.25, -0.2) is 19.0 Å². The van der Waals surface area contributed by atoms with E-state index in [1.165, 1.54) is 18.3 Å². The van der Waals surface area contributed by atoms with Crippen LogP contribution in [-0.4, -0.2) is 74.3 Å². The number of benzene rings is 1. The first-order valence-electron chi connectivity index (χ1n) is 15.0. The van der Waals surface area contributed by atoms with Crippen LogP contribution in [0.2, 0.25) is 0 Å². The van der Waals surface area contributed by atoms with Crippen molar-refractivity contribution in [2.45, 2.75) is 65.9 Å². The molecule has 1 aromatic carbocycles. The van der Waals surface area contributed by atoms with Crippen LogP contribution in [0.4, 0.5) is 37.8 Å². The third-order valence-electron chi connectivity index (χ3n) is 7.71. The first-order chi connectivity index (χ1) is 21.3. The minimum Gasteiger partial charge on any atom is -0.304 e. The van der Waals surface area contributed by atoms with E-state index in [2.05, 4.69) is 15.0 Å². The molecule has 0 atom stereocenters. The second-order valence-corrected chi connectivity index (χ2v) is 10.8. The van der Waals surface area contributed by atoms with Crippen molar-refractivity contribution in [3.63, 3.8) is 0 Å². The summed E-state index contributed by atoms with van der Waals surface area (Å²) in [5, 5.41) is 4.43. The number of amides is 1. The third-order valence-corrected chi connectivity index (χ3v) is 7.71. The lowest BCUT2D eigenvalue weighted by Gasteiger charge is -2.28. The van der Waals surface area contributed by atoms with Gasteiger partial charge in [-0.05, 0) is 76.3 Å². The zero-order valence-electron chi connectivity index (χ0n) is 25.7. The first-order valence-corrected chi connectivity index (χ1v) is 15.0. The minimum absolute atomic E-state index is 0.110. The zero-order chi connectivity index (χ0) is 33.1. The Balaban J connectivity index is 2.01. The number of aryl methyl sites for hydroxylation is 1. The Morgan fingerprint density at radius 3 is 2.02 bits per heavy atom. The molecule has 1 amide bonds. The van der Waals surface area contributed by atoms with Crippen molar-refractivity contribution in [2.24, 2.45) is 0 Å². The van der Waals surface area contributed by atoms with Crippen LogP contribution in [0, 0.1) is 0 Å². The van der Waals surface area contributed by atoms with E-state index in [0.717, 1.165) is 27.2 Å². The van der Waals surface area contributed by atoms with E-state index in [4.69, 9.17) is 0 Å². The Kier molecular flexibility index (Phi) is 10.4. The SMILES string of the molecule is CCCN(CCC)CC(=O)N1c2cc(C(F)(F)F)c(C(F)(F)F)cc2-n2c(nn(CCCN(CC)CC)c2=O)-c2cccnc21. The molecular weight excluding hydrogens is 604 g/mol. The summed E-state index contributed by atoms with van der Waals surface area (Å²) >= 11 is 0. The van der Waals surface area contributed by atoms with E-state index in [1.54, 1.807) is 0 Å². The second-order valence-electron chi connectivity index (χ2n) is 10.8. The number of hydrogen-bond acceptors (Lipinski definition) is 6. The Hall–Kier alpha value is -3.72. The summed E-state index contributed by atoms with van der Waals surface area (Å²) in [5.74, 6) is -0.978. The minimum atomic E-state index is -5.42. The first kappa shape index (κ1) is 34.2. The molecule has 0 unspecified atom stereocenters. The maximum Gasteiger partial charge on any atom is 0.417 e. The predicted molar refractivity (Wildman–Crippen MR) is 158 cm³/mol.